The summed E-state index contributed by atoms with van der Waals surface area (Å²) in [5.41, 5.74) is 0. The number of ether oxygens (including phenoxy) is 3. The number of carbonyl (C=O) groups excluding carboxylic acids is 3. The van der Waals surface area contributed by atoms with Crippen LogP contribution in [-0.4, -0.2) is 37.2 Å². The lowest BCUT2D eigenvalue weighted by molar-refractivity contribution is -0.167. The summed E-state index contributed by atoms with van der Waals surface area (Å²) in [5.74, 6) is -0.0362. The molecule has 0 aromatic carbocycles. The van der Waals surface area contributed by atoms with Crippen molar-refractivity contribution in [2.24, 2.45) is 5.92 Å². The first kappa shape index (κ1) is 55.4. The van der Waals surface area contributed by atoms with E-state index in [0.29, 0.717) is 19.3 Å². The Kier molecular flexibility index (Phi) is 44.2. The molecule has 0 aliphatic rings. The first-order valence-electron chi connectivity index (χ1n) is 25.4. The summed E-state index contributed by atoms with van der Waals surface area (Å²) in [6.45, 7) is 8.99. The minimum absolute atomic E-state index is 0.0637. The van der Waals surface area contributed by atoms with Crippen LogP contribution in [0.5, 0.6) is 0 Å². The topological polar surface area (TPSA) is 78.9 Å². The minimum Gasteiger partial charge on any atom is -0.462 e. The van der Waals surface area contributed by atoms with Gasteiger partial charge in [-0.3, -0.25) is 14.4 Å². The highest BCUT2D eigenvalue weighted by molar-refractivity contribution is 5.71. The van der Waals surface area contributed by atoms with Crippen LogP contribution in [-0.2, 0) is 28.6 Å². The summed E-state index contributed by atoms with van der Waals surface area (Å²) < 4.78 is 16.8. The second kappa shape index (κ2) is 45.5. The van der Waals surface area contributed by atoms with Gasteiger partial charge in [0.15, 0.2) is 6.10 Å². The fourth-order valence-corrected chi connectivity index (χ4v) is 7.66. The van der Waals surface area contributed by atoms with E-state index in [9.17, 15) is 14.4 Å². The van der Waals surface area contributed by atoms with Gasteiger partial charge in [-0.1, -0.05) is 246 Å². The summed E-state index contributed by atoms with van der Waals surface area (Å²) in [6.07, 6.45) is 46.6. The van der Waals surface area contributed by atoms with Crippen LogP contribution in [0.2, 0.25) is 0 Å². The molecule has 0 aromatic rings. The van der Waals surface area contributed by atoms with Crippen LogP contribution in [0.1, 0.15) is 285 Å². The molecule has 1 unspecified atom stereocenters. The molecule has 6 heteroatoms. The number of rotatable bonds is 46. The van der Waals surface area contributed by atoms with Crippen LogP contribution in [0.25, 0.3) is 0 Å². The van der Waals surface area contributed by atoms with Gasteiger partial charge < -0.3 is 14.2 Å². The summed E-state index contributed by atoms with van der Waals surface area (Å²) in [7, 11) is 0. The number of carbonyl (C=O) groups is 3. The highest BCUT2D eigenvalue weighted by Crippen LogP contribution is 2.17. The van der Waals surface area contributed by atoms with Crippen LogP contribution in [0.3, 0.4) is 0 Å². The monoisotopic (exact) mass is 807 g/mol. The molecule has 0 N–H and O–H groups in total. The van der Waals surface area contributed by atoms with Crippen molar-refractivity contribution < 1.29 is 28.6 Å². The number of esters is 3. The number of hydrogen-bond acceptors (Lipinski definition) is 6. The highest BCUT2D eigenvalue weighted by atomic mass is 16.6. The Bertz CT molecular complexity index is 859. The zero-order chi connectivity index (χ0) is 41.7. The molecule has 0 bridgehead atoms. The van der Waals surface area contributed by atoms with Gasteiger partial charge >= 0.3 is 17.9 Å². The molecule has 2 atom stereocenters. The summed E-state index contributed by atoms with van der Waals surface area (Å²) in [4.78, 5) is 37.8. The Hall–Kier alpha value is -1.59. The molecule has 0 aliphatic heterocycles. The fourth-order valence-electron chi connectivity index (χ4n) is 7.66. The fraction of sp³-hybridized carbons (Fsp3) is 0.941. The van der Waals surface area contributed by atoms with E-state index >= 15 is 0 Å². The van der Waals surface area contributed by atoms with Gasteiger partial charge in [0, 0.05) is 19.3 Å². The van der Waals surface area contributed by atoms with Crippen molar-refractivity contribution in [3.05, 3.63) is 0 Å². The van der Waals surface area contributed by atoms with Gasteiger partial charge in [-0.15, -0.1) is 0 Å². The second-order valence-corrected chi connectivity index (χ2v) is 17.7. The lowest BCUT2D eigenvalue weighted by Crippen LogP contribution is -2.30. The van der Waals surface area contributed by atoms with Crippen molar-refractivity contribution in [2.45, 2.75) is 291 Å². The molecular weight excluding hydrogens is 709 g/mol. The van der Waals surface area contributed by atoms with E-state index in [0.717, 1.165) is 63.7 Å². The van der Waals surface area contributed by atoms with Crippen LogP contribution < -0.4 is 0 Å². The summed E-state index contributed by atoms with van der Waals surface area (Å²) >= 11 is 0. The lowest BCUT2D eigenvalue weighted by Gasteiger charge is -2.18. The normalized spacial score (nSPS) is 12.4. The minimum atomic E-state index is -0.760. The summed E-state index contributed by atoms with van der Waals surface area (Å²) in [6, 6.07) is 0. The first-order chi connectivity index (χ1) is 27.9. The van der Waals surface area contributed by atoms with E-state index in [1.54, 1.807) is 0 Å². The molecule has 338 valence electrons. The lowest BCUT2D eigenvalue weighted by atomic mass is 10.00. The van der Waals surface area contributed by atoms with Crippen LogP contribution >= 0.6 is 0 Å². The molecular formula is C51H98O6. The van der Waals surface area contributed by atoms with Crippen LogP contribution in [0, 0.1) is 5.92 Å². The molecule has 0 radical (unpaired) electrons. The van der Waals surface area contributed by atoms with Gasteiger partial charge in [-0.05, 0) is 25.2 Å². The Morgan fingerprint density at radius 1 is 0.351 bits per heavy atom. The maximum atomic E-state index is 12.7. The van der Waals surface area contributed by atoms with E-state index in [1.807, 2.05) is 0 Å². The first-order valence-corrected chi connectivity index (χ1v) is 25.4. The number of hydrogen-bond donors (Lipinski definition) is 0. The molecule has 57 heavy (non-hydrogen) atoms. The highest BCUT2D eigenvalue weighted by Gasteiger charge is 2.19. The van der Waals surface area contributed by atoms with Gasteiger partial charge in [0.25, 0.3) is 0 Å². The van der Waals surface area contributed by atoms with Gasteiger partial charge in [-0.2, -0.15) is 0 Å². The Morgan fingerprint density at radius 2 is 0.614 bits per heavy atom. The maximum absolute atomic E-state index is 12.7. The average Bonchev–Trinajstić information content (AvgIpc) is 3.21. The Labute approximate surface area is 355 Å². The molecule has 0 spiro atoms. The van der Waals surface area contributed by atoms with Crippen molar-refractivity contribution in [1.82, 2.24) is 0 Å². The molecule has 6 nitrogen and oxygen atoms in total. The van der Waals surface area contributed by atoms with Crippen molar-refractivity contribution in [3.63, 3.8) is 0 Å². The summed E-state index contributed by atoms with van der Waals surface area (Å²) in [5, 5.41) is 0. The third-order valence-electron chi connectivity index (χ3n) is 11.9. The molecule has 0 rings (SSSR count). The standard InChI is InChI=1S/C51H98O6/c1-5-8-10-12-14-16-18-19-20-21-22-23-24-26-27-29-34-38-42-49(52)55-45-48(46-56-50(53)43-39-35-32-31-33-37-41-47(4)7-3)57-51(54)44-40-36-30-28-25-17-15-13-11-9-6-2/h47-48H,5-46H2,1-4H3/t47?,48-/m0/s1. The predicted octanol–water partition coefficient (Wildman–Crippen LogP) is 16.3. The third kappa shape index (κ3) is 43.8. The van der Waals surface area contributed by atoms with Crippen molar-refractivity contribution in [1.29, 1.82) is 0 Å². The molecule has 0 aromatic heterocycles. The van der Waals surface area contributed by atoms with Crippen LogP contribution in [0.4, 0.5) is 0 Å². The van der Waals surface area contributed by atoms with Gasteiger partial charge in [0.1, 0.15) is 13.2 Å². The molecule has 0 aliphatic carbocycles. The Morgan fingerprint density at radius 3 is 0.912 bits per heavy atom. The zero-order valence-corrected chi connectivity index (χ0v) is 38.8. The Balaban J connectivity index is 4.24. The van der Waals surface area contributed by atoms with Crippen molar-refractivity contribution in [2.75, 3.05) is 13.2 Å². The molecule has 0 fully saturated rings. The number of unbranched alkanes of at least 4 members (excludes halogenated alkanes) is 32. The second-order valence-electron chi connectivity index (χ2n) is 17.7. The van der Waals surface area contributed by atoms with Gasteiger partial charge in [-0.25, -0.2) is 0 Å². The van der Waals surface area contributed by atoms with E-state index in [-0.39, 0.29) is 31.1 Å². The zero-order valence-electron chi connectivity index (χ0n) is 38.8. The largest absolute Gasteiger partial charge is 0.462 e. The molecule has 0 heterocycles. The maximum Gasteiger partial charge on any atom is 0.306 e. The quantitative estimate of drug-likeness (QED) is 0.0346. The van der Waals surface area contributed by atoms with Crippen molar-refractivity contribution >= 4 is 17.9 Å². The molecule has 0 amide bonds. The van der Waals surface area contributed by atoms with E-state index < -0.39 is 6.10 Å². The average molecular weight is 807 g/mol. The predicted molar refractivity (Wildman–Crippen MR) is 243 cm³/mol. The van der Waals surface area contributed by atoms with E-state index in [1.165, 1.54) is 180 Å². The van der Waals surface area contributed by atoms with Crippen LogP contribution in [0.15, 0.2) is 0 Å². The smallest absolute Gasteiger partial charge is 0.306 e. The van der Waals surface area contributed by atoms with E-state index in [2.05, 4.69) is 27.7 Å². The molecule has 0 saturated heterocycles. The SMILES string of the molecule is CCCCCCCCCCCCCCCCCCCCC(=O)OC[C@@H](COC(=O)CCCCCCCCC(C)CC)OC(=O)CCCCCCCCCCCCC. The van der Waals surface area contributed by atoms with Gasteiger partial charge in [0.2, 0.25) is 0 Å². The van der Waals surface area contributed by atoms with E-state index in [4.69, 9.17) is 14.2 Å². The van der Waals surface area contributed by atoms with Crippen molar-refractivity contribution in [3.8, 4) is 0 Å². The molecule has 0 saturated carbocycles. The van der Waals surface area contributed by atoms with Gasteiger partial charge in [0.05, 0.1) is 0 Å². The third-order valence-corrected chi connectivity index (χ3v) is 11.9.